The van der Waals surface area contributed by atoms with Crippen LogP contribution in [-0.4, -0.2) is 5.96 Å². The van der Waals surface area contributed by atoms with Crippen LogP contribution in [0, 0.1) is 0 Å². The van der Waals surface area contributed by atoms with E-state index < -0.39 is 0 Å². The molecule has 3 rings (SSSR count). The fourth-order valence-electron chi connectivity index (χ4n) is 2.32. The van der Waals surface area contributed by atoms with Gasteiger partial charge in [0.05, 0.1) is 18.3 Å². The molecule has 1 aromatic carbocycles. The number of hydrogen-bond acceptors (Lipinski definition) is 4. The third-order valence-electron chi connectivity index (χ3n) is 3.20. The summed E-state index contributed by atoms with van der Waals surface area (Å²) in [6.07, 6.45) is 2.45. The van der Waals surface area contributed by atoms with Crippen LogP contribution >= 0.6 is 11.6 Å². The molecule has 2 unspecified atom stereocenters. The molecular weight excluding hydrogens is 262 g/mol. The second-order valence-electron chi connectivity index (χ2n) is 4.53. The molecular formula is C14H14ClN3O. The number of rotatable bonds is 2. The van der Waals surface area contributed by atoms with Crippen LogP contribution in [0.2, 0.25) is 5.02 Å². The van der Waals surface area contributed by atoms with E-state index in [0.29, 0.717) is 11.0 Å². The molecule has 98 valence electrons. The molecule has 0 aliphatic carbocycles. The summed E-state index contributed by atoms with van der Waals surface area (Å²) in [7, 11) is 0. The fraction of sp³-hybridized carbons (Fsp3) is 0.214. The molecule has 0 saturated carbocycles. The quantitative estimate of drug-likeness (QED) is 0.885. The molecule has 0 saturated heterocycles. The van der Waals surface area contributed by atoms with Crippen molar-refractivity contribution < 1.29 is 4.42 Å². The minimum absolute atomic E-state index is 0.00458. The van der Waals surface area contributed by atoms with Gasteiger partial charge in [-0.2, -0.15) is 0 Å². The van der Waals surface area contributed by atoms with Crippen LogP contribution in [0.25, 0.3) is 0 Å². The van der Waals surface area contributed by atoms with Gasteiger partial charge in [0.2, 0.25) is 0 Å². The lowest BCUT2D eigenvalue weighted by Crippen LogP contribution is -2.39. The first-order valence-electron chi connectivity index (χ1n) is 6.11. The minimum atomic E-state index is -0.00458. The zero-order valence-electron chi connectivity index (χ0n) is 10.2. The van der Waals surface area contributed by atoms with Gasteiger partial charge in [-0.15, -0.1) is 0 Å². The lowest BCUT2D eigenvalue weighted by Gasteiger charge is -2.27. The minimum Gasteiger partial charge on any atom is -0.467 e. The van der Waals surface area contributed by atoms with E-state index >= 15 is 0 Å². The number of benzene rings is 1. The number of nitrogens with two attached hydrogens (primary N) is 1. The number of nitrogens with zero attached hydrogens (tertiary/aromatic N) is 1. The van der Waals surface area contributed by atoms with E-state index in [4.69, 9.17) is 21.8 Å². The van der Waals surface area contributed by atoms with Gasteiger partial charge in [-0.05, 0) is 29.8 Å². The third kappa shape index (κ3) is 2.58. The average Bonchev–Trinajstić information content (AvgIpc) is 2.92. The second-order valence-corrected chi connectivity index (χ2v) is 4.97. The van der Waals surface area contributed by atoms with Crippen LogP contribution in [0.1, 0.15) is 29.8 Å². The maximum Gasteiger partial charge on any atom is 0.189 e. The van der Waals surface area contributed by atoms with Crippen molar-refractivity contribution in [3.8, 4) is 0 Å². The molecule has 19 heavy (non-hydrogen) atoms. The Morgan fingerprint density at radius 2 is 2.21 bits per heavy atom. The first kappa shape index (κ1) is 12.1. The smallest absolute Gasteiger partial charge is 0.189 e. The standard InChI is InChI=1S/C14H14ClN3O/c15-10-4-1-3-9(7-10)11-8-12(18-14(16)17-11)13-5-2-6-19-13/h1-7,11-12H,8H2,(H3,16,17,18). The highest BCUT2D eigenvalue weighted by Gasteiger charge is 2.26. The molecule has 1 aromatic heterocycles. The van der Waals surface area contributed by atoms with Gasteiger partial charge in [-0.1, -0.05) is 23.7 Å². The van der Waals surface area contributed by atoms with Crippen LogP contribution in [0.3, 0.4) is 0 Å². The van der Waals surface area contributed by atoms with Gasteiger partial charge >= 0.3 is 0 Å². The molecule has 2 aromatic rings. The molecule has 0 amide bonds. The second kappa shape index (κ2) is 4.97. The Labute approximate surface area is 116 Å². The Bertz CT molecular complexity index is 594. The summed E-state index contributed by atoms with van der Waals surface area (Å²) in [5.41, 5.74) is 6.92. The van der Waals surface area contributed by atoms with Gasteiger partial charge in [0.15, 0.2) is 5.96 Å². The predicted molar refractivity (Wildman–Crippen MR) is 75.0 cm³/mol. The summed E-state index contributed by atoms with van der Waals surface area (Å²) >= 11 is 6.02. The maximum atomic E-state index is 6.02. The molecule has 4 nitrogen and oxygen atoms in total. The van der Waals surface area contributed by atoms with Crippen molar-refractivity contribution >= 4 is 17.6 Å². The Morgan fingerprint density at radius 1 is 1.32 bits per heavy atom. The van der Waals surface area contributed by atoms with Gasteiger partial charge < -0.3 is 15.5 Å². The van der Waals surface area contributed by atoms with Gasteiger partial charge in [-0.3, -0.25) is 0 Å². The summed E-state index contributed by atoms with van der Waals surface area (Å²) in [6, 6.07) is 11.5. The van der Waals surface area contributed by atoms with Crippen LogP contribution in [0.5, 0.6) is 0 Å². The third-order valence-corrected chi connectivity index (χ3v) is 3.43. The van der Waals surface area contributed by atoms with E-state index in [9.17, 15) is 0 Å². The van der Waals surface area contributed by atoms with Crippen LogP contribution in [0.15, 0.2) is 52.1 Å². The normalized spacial score (nSPS) is 22.7. The van der Waals surface area contributed by atoms with E-state index in [0.717, 1.165) is 17.7 Å². The number of guanidine groups is 1. The van der Waals surface area contributed by atoms with E-state index in [1.54, 1.807) is 6.26 Å². The largest absolute Gasteiger partial charge is 0.467 e. The summed E-state index contributed by atoms with van der Waals surface area (Å²) in [6.45, 7) is 0. The van der Waals surface area contributed by atoms with Crippen molar-refractivity contribution in [2.45, 2.75) is 18.5 Å². The van der Waals surface area contributed by atoms with E-state index in [1.165, 1.54) is 0 Å². The molecule has 0 fully saturated rings. The Hall–Kier alpha value is -1.94. The van der Waals surface area contributed by atoms with Crippen molar-refractivity contribution in [2.24, 2.45) is 10.7 Å². The van der Waals surface area contributed by atoms with Gasteiger partial charge in [0.25, 0.3) is 0 Å². The maximum absolute atomic E-state index is 6.02. The topological polar surface area (TPSA) is 63.5 Å². The Kier molecular flexibility index (Phi) is 3.17. The lowest BCUT2D eigenvalue weighted by molar-refractivity contribution is 0.395. The molecule has 3 N–H and O–H groups in total. The number of aliphatic imine (C=N–C) groups is 1. The zero-order valence-corrected chi connectivity index (χ0v) is 11.0. The Balaban J connectivity index is 1.88. The van der Waals surface area contributed by atoms with Crippen molar-refractivity contribution in [3.63, 3.8) is 0 Å². The first-order valence-corrected chi connectivity index (χ1v) is 6.49. The number of nitrogens with one attached hydrogen (secondary N) is 1. The summed E-state index contributed by atoms with van der Waals surface area (Å²) in [5.74, 6) is 1.29. The molecule has 5 heteroatoms. The highest BCUT2D eigenvalue weighted by molar-refractivity contribution is 6.30. The number of halogens is 1. The summed E-state index contributed by atoms with van der Waals surface area (Å²) in [4.78, 5) is 4.44. The highest BCUT2D eigenvalue weighted by atomic mass is 35.5. The molecule has 0 radical (unpaired) electrons. The average molecular weight is 276 g/mol. The Morgan fingerprint density at radius 3 is 2.95 bits per heavy atom. The SMILES string of the molecule is NC1=NC(c2cccc(Cl)c2)CC(c2ccco2)N1. The highest BCUT2D eigenvalue weighted by Crippen LogP contribution is 2.33. The van der Waals surface area contributed by atoms with Crippen molar-refractivity contribution in [3.05, 3.63) is 59.0 Å². The molecule has 1 aliphatic rings. The van der Waals surface area contributed by atoms with Crippen LogP contribution in [-0.2, 0) is 0 Å². The molecule has 0 spiro atoms. The van der Waals surface area contributed by atoms with E-state index in [-0.39, 0.29) is 12.1 Å². The summed E-state index contributed by atoms with van der Waals surface area (Å²) in [5, 5.41) is 3.84. The molecule has 2 heterocycles. The fourth-order valence-corrected chi connectivity index (χ4v) is 2.52. The number of furan rings is 1. The van der Waals surface area contributed by atoms with E-state index in [1.807, 2.05) is 36.4 Å². The molecule has 1 aliphatic heterocycles. The van der Waals surface area contributed by atoms with E-state index in [2.05, 4.69) is 10.3 Å². The van der Waals surface area contributed by atoms with Gasteiger partial charge in [-0.25, -0.2) is 4.99 Å². The van der Waals surface area contributed by atoms with Crippen LogP contribution < -0.4 is 11.1 Å². The van der Waals surface area contributed by atoms with Crippen LogP contribution in [0.4, 0.5) is 0 Å². The number of hydrogen-bond donors (Lipinski definition) is 2. The molecule has 2 atom stereocenters. The van der Waals surface area contributed by atoms with Crippen molar-refractivity contribution in [1.29, 1.82) is 0 Å². The monoisotopic (exact) mass is 275 g/mol. The lowest BCUT2D eigenvalue weighted by atomic mass is 9.97. The van der Waals surface area contributed by atoms with Crippen molar-refractivity contribution in [1.82, 2.24) is 5.32 Å². The zero-order chi connectivity index (χ0) is 13.2. The predicted octanol–water partition coefficient (Wildman–Crippen LogP) is 3.02. The van der Waals surface area contributed by atoms with Gasteiger partial charge in [0, 0.05) is 11.4 Å². The van der Waals surface area contributed by atoms with Gasteiger partial charge in [0.1, 0.15) is 5.76 Å². The summed E-state index contributed by atoms with van der Waals surface area (Å²) < 4.78 is 5.43. The van der Waals surface area contributed by atoms with Crippen molar-refractivity contribution in [2.75, 3.05) is 0 Å². The molecule has 0 bridgehead atoms. The first-order chi connectivity index (χ1) is 9.22.